The molecule has 6 heteroatoms. The molecule has 0 unspecified atom stereocenters. The van der Waals surface area contributed by atoms with E-state index in [-0.39, 0.29) is 11.4 Å². The van der Waals surface area contributed by atoms with Crippen LogP contribution in [0.5, 0.6) is 5.75 Å². The van der Waals surface area contributed by atoms with Crippen molar-refractivity contribution in [1.29, 1.82) is 0 Å². The molecule has 1 N–H and O–H groups in total. The summed E-state index contributed by atoms with van der Waals surface area (Å²) in [5, 5.41) is 0. The van der Waals surface area contributed by atoms with Crippen molar-refractivity contribution in [2.24, 2.45) is 0 Å². The Morgan fingerprint density at radius 2 is 2.10 bits per heavy atom. The van der Waals surface area contributed by atoms with Crippen molar-refractivity contribution in [3.8, 4) is 5.75 Å². The summed E-state index contributed by atoms with van der Waals surface area (Å²) in [4.78, 5) is 0.218. The average Bonchev–Trinajstić information content (AvgIpc) is 2.97. The smallest absolute Gasteiger partial charge is 0.240 e. The summed E-state index contributed by atoms with van der Waals surface area (Å²) in [6.07, 6.45) is 2.41. The van der Waals surface area contributed by atoms with Crippen LogP contribution in [0, 0.1) is 6.92 Å². The quantitative estimate of drug-likeness (QED) is 0.854. The second kappa shape index (κ2) is 6.78. The number of rotatable bonds is 7. The fourth-order valence-electron chi connectivity index (χ4n) is 1.83. The molecule has 0 bridgehead atoms. The zero-order valence-corrected chi connectivity index (χ0v) is 12.9. The SMILES string of the molecule is CCCOc1ccc(S(=O)(=O)NCc2ccco2)cc1C. The number of hydrogen-bond donors (Lipinski definition) is 1. The second-order valence-corrected chi connectivity index (χ2v) is 6.45. The van der Waals surface area contributed by atoms with Crippen molar-refractivity contribution < 1.29 is 17.6 Å². The molecule has 0 saturated carbocycles. The van der Waals surface area contributed by atoms with E-state index in [1.54, 1.807) is 30.3 Å². The molecule has 0 fully saturated rings. The first-order valence-electron chi connectivity index (χ1n) is 6.78. The number of hydrogen-bond acceptors (Lipinski definition) is 4. The van der Waals surface area contributed by atoms with E-state index < -0.39 is 10.0 Å². The van der Waals surface area contributed by atoms with Gasteiger partial charge in [-0.15, -0.1) is 0 Å². The van der Waals surface area contributed by atoms with Gasteiger partial charge in [-0.05, 0) is 49.2 Å². The fraction of sp³-hybridized carbons (Fsp3) is 0.333. The second-order valence-electron chi connectivity index (χ2n) is 4.68. The highest BCUT2D eigenvalue weighted by atomic mass is 32.2. The molecular weight excluding hydrogens is 290 g/mol. The Bertz CT molecular complexity index is 678. The molecule has 0 radical (unpaired) electrons. The van der Waals surface area contributed by atoms with Gasteiger partial charge in [0.25, 0.3) is 0 Å². The predicted octanol–water partition coefficient (Wildman–Crippen LogP) is 2.86. The number of benzene rings is 1. The highest BCUT2D eigenvalue weighted by Gasteiger charge is 2.15. The monoisotopic (exact) mass is 309 g/mol. The zero-order chi connectivity index (χ0) is 15.3. The van der Waals surface area contributed by atoms with E-state index in [0.717, 1.165) is 12.0 Å². The largest absolute Gasteiger partial charge is 0.493 e. The number of ether oxygens (including phenoxy) is 1. The lowest BCUT2D eigenvalue weighted by Gasteiger charge is -2.10. The van der Waals surface area contributed by atoms with Crippen LogP contribution in [0.1, 0.15) is 24.7 Å². The van der Waals surface area contributed by atoms with Gasteiger partial charge in [-0.3, -0.25) is 0 Å². The molecule has 0 amide bonds. The molecule has 0 aliphatic heterocycles. The van der Waals surface area contributed by atoms with E-state index in [2.05, 4.69) is 4.72 Å². The fourth-order valence-corrected chi connectivity index (χ4v) is 2.90. The third kappa shape index (κ3) is 4.09. The first-order chi connectivity index (χ1) is 10.0. The summed E-state index contributed by atoms with van der Waals surface area (Å²) < 4.78 is 37.6. The lowest BCUT2D eigenvalue weighted by molar-refractivity contribution is 0.315. The molecule has 1 aromatic carbocycles. The Labute approximate surface area is 125 Å². The minimum Gasteiger partial charge on any atom is -0.493 e. The van der Waals surface area contributed by atoms with Crippen molar-refractivity contribution in [3.05, 3.63) is 47.9 Å². The molecule has 114 valence electrons. The van der Waals surface area contributed by atoms with Crippen molar-refractivity contribution in [2.45, 2.75) is 31.7 Å². The average molecular weight is 309 g/mol. The lowest BCUT2D eigenvalue weighted by Crippen LogP contribution is -2.23. The normalized spacial score (nSPS) is 11.5. The van der Waals surface area contributed by atoms with Gasteiger partial charge < -0.3 is 9.15 Å². The highest BCUT2D eigenvalue weighted by molar-refractivity contribution is 7.89. The number of nitrogens with one attached hydrogen (secondary N) is 1. The predicted molar refractivity (Wildman–Crippen MR) is 79.7 cm³/mol. The maximum Gasteiger partial charge on any atom is 0.240 e. The van der Waals surface area contributed by atoms with E-state index in [9.17, 15) is 8.42 Å². The topological polar surface area (TPSA) is 68.5 Å². The van der Waals surface area contributed by atoms with Gasteiger partial charge in [0.15, 0.2) is 0 Å². The molecule has 0 aliphatic carbocycles. The molecule has 0 saturated heterocycles. The molecule has 21 heavy (non-hydrogen) atoms. The van der Waals surface area contributed by atoms with Gasteiger partial charge in [-0.1, -0.05) is 6.92 Å². The number of aryl methyl sites for hydroxylation is 1. The lowest BCUT2D eigenvalue weighted by atomic mass is 10.2. The summed E-state index contributed by atoms with van der Waals surface area (Å²) in [6, 6.07) is 8.27. The van der Waals surface area contributed by atoms with Crippen LogP contribution in [0.4, 0.5) is 0 Å². The van der Waals surface area contributed by atoms with Crippen LogP contribution in [0.25, 0.3) is 0 Å². The summed E-state index contributed by atoms with van der Waals surface area (Å²) in [5.41, 5.74) is 0.796. The third-order valence-electron chi connectivity index (χ3n) is 2.93. The van der Waals surface area contributed by atoms with Crippen LogP contribution in [-0.2, 0) is 16.6 Å². The first-order valence-corrected chi connectivity index (χ1v) is 8.26. The molecule has 0 atom stereocenters. The Balaban J connectivity index is 2.10. The zero-order valence-electron chi connectivity index (χ0n) is 12.1. The van der Waals surface area contributed by atoms with Gasteiger partial charge >= 0.3 is 0 Å². The molecule has 0 spiro atoms. The number of furan rings is 1. The summed E-state index contributed by atoms with van der Waals surface area (Å²) in [7, 11) is -3.56. The molecule has 5 nitrogen and oxygen atoms in total. The minimum absolute atomic E-state index is 0.127. The van der Waals surface area contributed by atoms with E-state index in [4.69, 9.17) is 9.15 Å². The van der Waals surface area contributed by atoms with Crippen LogP contribution in [0.3, 0.4) is 0 Å². The molecule has 1 heterocycles. The van der Waals surface area contributed by atoms with Gasteiger partial charge in [0.1, 0.15) is 11.5 Å². The van der Waals surface area contributed by atoms with Crippen LogP contribution in [-0.4, -0.2) is 15.0 Å². The summed E-state index contributed by atoms with van der Waals surface area (Å²) in [6.45, 7) is 4.59. The molecule has 2 aromatic rings. The van der Waals surface area contributed by atoms with Crippen LogP contribution < -0.4 is 9.46 Å². The Morgan fingerprint density at radius 3 is 2.71 bits per heavy atom. The van der Waals surface area contributed by atoms with Crippen LogP contribution in [0.15, 0.2) is 45.9 Å². The molecular formula is C15H19NO4S. The Kier molecular flexibility index (Phi) is 5.03. The maximum atomic E-state index is 12.2. The maximum absolute atomic E-state index is 12.2. The van der Waals surface area contributed by atoms with E-state index in [1.165, 1.54) is 6.26 Å². The van der Waals surface area contributed by atoms with E-state index in [0.29, 0.717) is 18.1 Å². The van der Waals surface area contributed by atoms with E-state index >= 15 is 0 Å². The van der Waals surface area contributed by atoms with Gasteiger partial charge in [-0.2, -0.15) is 0 Å². The van der Waals surface area contributed by atoms with Crippen LogP contribution in [0.2, 0.25) is 0 Å². The van der Waals surface area contributed by atoms with Gasteiger partial charge in [0.05, 0.1) is 24.3 Å². The molecule has 2 rings (SSSR count). The van der Waals surface area contributed by atoms with Crippen molar-refractivity contribution in [1.82, 2.24) is 4.72 Å². The Morgan fingerprint density at radius 1 is 1.29 bits per heavy atom. The molecule has 0 aliphatic rings. The number of sulfonamides is 1. The summed E-state index contributed by atoms with van der Waals surface area (Å²) >= 11 is 0. The van der Waals surface area contributed by atoms with E-state index in [1.807, 2.05) is 13.8 Å². The standard InChI is InChI=1S/C15H19NO4S/c1-3-8-20-15-7-6-14(10-12(15)2)21(17,18)16-11-13-5-4-9-19-13/h4-7,9-10,16H,3,8,11H2,1-2H3. The Hall–Kier alpha value is -1.79. The molecule has 1 aromatic heterocycles. The van der Waals surface area contributed by atoms with Crippen molar-refractivity contribution in [2.75, 3.05) is 6.61 Å². The third-order valence-corrected chi connectivity index (χ3v) is 4.33. The van der Waals surface area contributed by atoms with Gasteiger partial charge in [-0.25, -0.2) is 13.1 Å². The van der Waals surface area contributed by atoms with Crippen molar-refractivity contribution >= 4 is 10.0 Å². The van der Waals surface area contributed by atoms with Gasteiger partial charge in [0.2, 0.25) is 10.0 Å². The van der Waals surface area contributed by atoms with Crippen molar-refractivity contribution in [3.63, 3.8) is 0 Å². The first kappa shape index (κ1) is 15.6. The summed E-state index contributed by atoms with van der Waals surface area (Å²) in [5.74, 6) is 1.28. The highest BCUT2D eigenvalue weighted by Crippen LogP contribution is 2.22. The minimum atomic E-state index is -3.56. The van der Waals surface area contributed by atoms with Gasteiger partial charge in [0, 0.05) is 0 Å². The van der Waals surface area contributed by atoms with Crippen LogP contribution >= 0.6 is 0 Å².